The van der Waals surface area contributed by atoms with Crippen molar-refractivity contribution < 1.29 is 40.2 Å². The topological polar surface area (TPSA) is 162 Å². The van der Waals surface area contributed by atoms with Gasteiger partial charge in [-0.3, -0.25) is 19.4 Å². The number of aliphatic carboxylic acids is 2. The molecule has 0 amide bonds. The highest BCUT2D eigenvalue weighted by molar-refractivity contribution is 5.69. The molecule has 0 unspecified atom stereocenters. The van der Waals surface area contributed by atoms with E-state index in [1.165, 1.54) is 46.2 Å². The average Bonchev–Trinajstić information content (AvgIpc) is 2.64. The van der Waals surface area contributed by atoms with Gasteiger partial charge in [0, 0.05) is 37.3 Å². The lowest BCUT2D eigenvalue weighted by Gasteiger charge is -2.26. The van der Waals surface area contributed by atoms with Crippen LogP contribution in [0.5, 0.6) is 23.0 Å². The van der Waals surface area contributed by atoms with Crippen molar-refractivity contribution in [3.8, 4) is 23.0 Å². The Morgan fingerprint density at radius 3 is 1.37 bits per heavy atom. The first-order valence-corrected chi connectivity index (χ1v) is 9.04. The van der Waals surface area contributed by atoms with Gasteiger partial charge in [0.25, 0.3) is 0 Å². The van der Waals surface area contributed by atoms with Crippen LogP contribution in [0.15, 0.2) is 36.4 Å². The van der Waals surface area contributed by atoms with Gasteiger partial charge >= 0.3 is 11.9 Å². The van der Waals surface area contributed by atoms with Crippen molar-refractivity contribution in [2.45, 2.75) is 13.1 Å². The molecule has 2 rings (SSSR count). The van der Waals surface area contributed by atoms with Gasteiger partial charge < -0.3 is 30.6 Å². The van der Waals surface area contributed by atoms with Crippen molar-refractivity contribution in [3.63, 3.8) is 0 Å². The van der Waals surface area contributed by atoms with E-state index in [9.17, 15) is 40.2 Å². The Bertz CT molecular complexity index is 829. The van der Waals surface area contributed by atoms with Gasteiger partial charge in [0.1, 0.15) is 23.0 Å². The molecule has 2 aromatic rings. The van der Waals surface area contributed by atoms with Gasteiger partial charge in [0.05, 0.1) is 13.1 Å². The lowest BCUT2D eigenvalue weighted by Crippen LogP contribution is -2.39. The number of phenolic OH excluding ortho intramolecular Hbond substituents is 4. The molecular formula is C20H24N2O8. The number of aromatic hydroxyl groups is 4. The molecule has 0 saturated carbocycles. The second kappa shape index (κ2) is 10.3. The van der Waals surface area contributed by atoms with Crippen molar-refractivity contribution in [3.05, 3.63) is 47.5 Å². The maximum Gasteiger partial charge on any atom is 0.317 e. The molecule has 2 aromatic carbocycles. The third-order valence-electron chi connectivity index (χ3n) is 4.36. The van der Waals surface area contributed by atoms with Gasteiger partial charge in [-0.1, -0.05) is 0 Å². The highest BCUT2D eigenvalue weighted by Gasteiger charge is 2.18. The Balaban J connectivity index is 2.13. The Morgan fingerprint density at radius 1 is 0.667 bits per heavy atom. The molecule has 0 spiro atoms. The first kappa shape index (κ1) is 22.8. The van der Waals surface area contributed by atoms with Gasteiger partial charge in [-0.2, -0.15) is 0 Å². The normalized spacial score (nSPS) is 11.1. The molecule has 10 nitrogen and oxygen atoms in total. The van der Waals surface area contributed by atoms with Crippen molar-refractivity contribution in [2.24, 2.45) is 0 Å². The summed E-state index contributed by atoms with van der Waals surface area (Å²) in [6, 6.07) is 7.84. The summed E-state index contributed by atoms with van der Waals surface area (Å²) in [7, 11) is 0. The lowest BCUT2D eigenvalue weighted by atomic mass is 10.1. The van der Waals surface area contributed by atoms with Gasteiger partial charge in [0.15, 0.2) is 0 Å². The van der Waals surface area contributed by atoms with Crippen LogP contribution in [0, 0.1) is 0 Å². The Morgan fingerprint density at radius 2 is 1.03 bits per heavy atom. The fourth-order valence-electron chi connectivity index (χ4n) is 2.97. The molecule has 162 valence electrons. The zero-order chi connectivity index (χ0) is 22.3. The molecule has 0 heterocycles. The van der Waals surface area contributed by atoms with Crippen LogP contribution in [0.3, 0.4) is 0 Å². The Hall–Kier alpha value is -3.50. The molecule has 0 radical (unpaired) electrons. The van der Waals surface area contributed by atoms with E-state index in [2.05, 4.69) is 0 Å². The standard InChI is InChI=1S/C20H24N2O8/c23-15-1-3-17(25)13(7-15)9-21(11-19(27)28)5-6-22(12-20(29)30)10-14-8-16(24)2-4-18(14)26/h1-4,7-8,23-26H,5-6,9-12H2,(H,27,28)(H,29,30). The molecular weight excluding hydrogens is 396 g/mol. The maximum atomic E-state index is 11.2. The molecule has 10 heteroatoms. The van der Waals surface area contributed by atoms with E-state index in [-0.39, 0.29) is 62.3 Å². The van der Waals surface area contributed by atoms with E-state index < -0.39 is 11.9 Å². The van der Waals surface area contributed by atoms with Gasteiger partial charge in [-0.15, -0.1) is 0 Å². The zero-order valence-corrected chi connectivity index (χ0v) is 16.1. The van der Waals surface area contributed by atoms with Crippen LogP contribution >= 0.6 is 0 Å². The van der Waals surface area contributed by atoms with E-state index in [4.69, 9.17) is 0 Å². The number of carboxylic acids is 2. The fourth-order valence-corrected chi connectivity index (χ4v) is 2.97. The van der Waals surface area contributed by atoms with Crippen molar-refractivity contribution in [1.29, 1.82) is 0 Å². The van der Waals surface area contributed by atoms with Crippen molar-refractivity contribution in [2.75, 3.05) is 26.2 Å². The number of hydrogen-bond acceptors (Lipinski definition) is 8. The quantitative estimate of drug-likeness (QED) is 0.289. The summed E-state index contributed by atoms with van der Waals surface area (Å²) >= 11 is 0. The van der Waals surface area contributed by atoms with Gasteiger partial charge in [-0.25, -0.2) is 0 Å². The van der Waals surface area contributed by atoms with Crippen LogP contribution in [0.25, 0.3) is 0 Å². The smallest absolute Gasteiger partial charge is 0.317 e. The van der Waals surface area contributed by atoms with Crippen LogP contribution in [-0.4, -0.2) is 78.6 Å². The number of rotatable bonds is 11. The second-order valence-corrected chi connectivity index (χ2v) is 6.83. The number of hydrogen-bond donors (Lipinski definition) is 6. The molecule has 0 fully saturated rings. The van der Waals surface area contributed by atoms with Crippen LogP contribution in [0.4, 0.5) is 0 Å². The number of benzene rings is 2. The van der Waals surface area contributed by atoms with Gasteiger partial charge in [-0.05, 0) is 36.4 Å². The average molecular weight is 420 g/mol. The molecule has 30 heavy (non-hydrogen) atoms. The monoisotopic (exact) mass is 420 g/mol. The molecule has 0 saturated heterocycles. The number of carboxylic acid groups (broad SMARTS) is 2. The Labute approximate surface area is 172 Å². The summed E-state index contributed by atoms with van der Waals surface area (Å²) < 4.78 is 0. The Kier molecular flexibility index (Phi) is 7.84. The highest BCUT2D eigenvalue weighted by Crippen LogP contribution is 2.25. The number of phenols is 4. The predicted molar refractivity (Wildman–Crippen MR) is 105 cm³/mol. The molecule has 0 aliphatic carbocycles. The number of nitrogens with zero attached hydrogens (tertiary/aromatic N) is 2. The van der Waals surface area contributed by atoms with Gasteiger partial charge in [0.2, 0.25) is 0 Å². The summed E-state index contributed by atoms with van der Waals surface area (Å²) in [5.41, 5.74) is 0.651. The molecule has 0 bridgehead atoms. The molecule has 0 aliphatic heterocycles. The van der Waals surface area contributed by atoms with E-state index in [0.717, 1.165) is 0 Å². The first-order chi connectivity index (χ1) is 14.1. The summed E-state index contributed by atoms with van der Waals surface area (Å²) in [5, 5.41) is 57.4. The third-order valence-corrected chi connectivity index (χ3v) is 4.36. The van der Waals surface area contributed by atoms with E-state index in [1.807, 2.05) is 0 Å². The molecule has 6 N–H and O–H groups in total. The zero-order valence-electron chi connectivity index (χ0n) is 16.1. The molecule has 0 atom stereocenters. The SMILES string of the molecule is O=C(O)CN(CCN(CC(=O)O)Cc1cc(O)ccc1O)Cc1cc(O)ccc1O. The fraction of sp³-hybridized carbons (Fsp3) is 0.300. The lowest BCUT2D eigenvalue weighted by molar-refractivity contribution is -0.140. The predicted octanol–water partition coefficient (Wildman–Crippen LogP) is 0.982. The van der Waals surface area contributed by atoms with E-state index >= 15 is 0 Å². The van der Waals surface area contributed by atoms with Crippen molar-refractivity contribution in [1.82, 2.24) is 9.80 Å². The largest absolute Gasteiger partial charge is 0.508 e. The minimum atomic E-state index is -1.11. The van der Waals surface area contributed by atoms with Crippen molar-refractivity contribution >= 4 is 11.9 Å². The summed E-state index contributed by atoms with van der Waals surface area (Å²) in [4.78, 5) is 25.4. The minimum Gasteiger partial charge on any atom is -0.508 e. The first-order valence-electron chi connectivity index (χ1n) is 9.04. The van der Waals surface area contributed by atoms with Crippen LogP contribution in [0.1, 0.15) is 11.1 Å². The molecule has 0 aromatic heterocycles. The summed E-state index contributed by atoms with van der Waals surface area (Å²) in [5.74, 6) is -2.57. The van der Waals surface area contributed by atoms with Crippen LogP contribution < -0.4 is 0 Å². The highest BCUT2D eigenvalue weighted by atomic mass is 16.4. The van der Waals surface area contributed by atoms with E-state index in [1.54, 1.807) is 0 Å². The van der Waals surface area contributed by atoms with Crippen LogP contribution in [-0.2, 0) is 22.7 Å². The summed E-state index contributed by atoms with van der Waals surface area (Å²) in [6.45, 7) is -0.432. The summed E-state index contributed by atoms with van der Waals surface area (Å²) in [6.07, 6.45) is 0. The molecule has 0 aliphatic rings. The number of carbonyl (C=O) groups is 2. The second-order valence-electron chi connectivity index (χ2n) is 6.83. The minimum absolute atomic E-state index is 0.0187. The van der Waals surface area contributed by atoms with Crippen LogP contribution in [0.2, 0.25) is 0 Å². The maximum absolute atomic E-state index is 11.2. The van der Waals surface area contributed by atoms with E-state index in [0.29, 0.717) is 11.1 Å². The third kappa shape index (κ3) is 7.15.